The summed E-state index contributed by atoms with van der Waals surface area (Å²) in [5, 5.41) is -0.242. The van der Waals surface area contributed by atoms with Crippen molar-refractivity contribution < 1.29 is 8.42 Å². The first-order chi connectivity index (χ1) is 11.0. The van der Waals surface area contributed by atoms with Gasteiger partial charge in [0.1, 0.15) is 5.82 Å². The second kappa shape index (κ2) is 6.45. The number of imidazole rings is 1. The topological polar surface area (TPSA) is 55.2 Å². The summed E-state index contributed by atoms with van der Waals surface area (Å²) >= 11 is 0. The zero-order chi connectivity index (χ0) is 16.4. The molecule has 124 valence electrons. The van der Waals surface area contributed by atoms with Crippen LogP contribution in [0.4, 0.5) is 0 Å². The number of aryl methyl sites for hydroxylation is 1. The van der Waals surface area contributed by atoms with Crippen molar-refractivity contribution in [3.63, 3.8) is 0 Å². The lowest BCUT2D eigenvalue weighted by Gasteiger charge is -2.20. The largest absolute Gasteiger partial charge is 0.300 e. The van der Waals surface area contributed by atoms with Crippen LogP contribution in [0.15, 0.2) is 36.5 Å². The number of hydrogen-bond donors (Lipinski definition) is 0. The lowest BCUT2D eigenvalue weighted by Crippen LogP contribution is -2.27. The molecule has 0 amide bonds. The van der Waals surface area contributed by atoms with Crippen molar-refractivity contribution in [3.05, 3.63) is 48.0 Å². The highest BCUT2D eigenvalue weighted by molar-refractivity contribution is 7.92. The van der Waals surface area contributed by atoms with Gasteiger partial charge in [-0.1, -0.05) is 18.2 Å². The number of hydrogen-bond acceptors (Lipinski definition) is 4. The normalized spacial score (nSPS) is 21.9. The van der Waals surface area contributed by atoms with Crippen molar-refractivity contribution >= 4 is 9.84 Å². The lowest BCUT2D eigenvalue weighted by atomic mass is 10.2. The maximum Gasteiger partial charge on any atom is 0.154 e. The van der Waals surface area contributed by atoms with Gasteiger partial charge in [-0.05, 0) is 38.9 Å². The summed E-state index contributed by atoms with van der Waals surface area (Å²) in [6, 6.07) is 10.1. The Morgan fingerprint density at radius 1 is 1.22 bits per heavy atom. The third-order valence-electron chi connectivity index (χ3n) is 4.57. The predicted octanol–water partition coefficient (Wildman–Crippen LogP) is 2.19. The van der Waals surface area contributed by atoms with Crippen LogP contribution < -0.4 is 0 Å². The van der Waals surface area contributed by atoms with Crippen LogP contribution in [0, 0.1) is 6.92 Å². The predicted molar refractivity (Wildman–Crippen MR) is 91.4 cm³/mol. The molecule has 0 unspecified atom stereocenters. The molecule has 1 aromatic carbocycles. The minimum atomic E-state index is -2.94. The summed E-state index contributed by atoms with van der Waals surface area (Å²) in [5.74, 6) is 1.19. The van der Waals surface area contributed by atoms with Crippen LogP contribution in [0.3, 0.4) is 0 Å². The molecule has 0 aliphatic carbocycles. The minimum Gasteiger partial charge on any atom is -0.300 e. The molecule has 2 aromatic rings. The fourth-order valence-corrected chi connectivity index (χ4v) is 4.41. The highest BCUT2D eigenvalue weighted by Gasteiger charge is 2.26. The first-order valence-corrected chi connectivity index (χ1v) is 9.71. The summed E-state index contributed by atoms with van der Waals surface area (Å²) < 4.78 is 26.2. The van der Waals surface area contributed by atoms with Gasteiger partial charge in [-0.2, -0.15) is 0 Å². The average Bonchev–Trinajstić information content (AvgIpc) is 2.84. The molecule has 3 rings (SSSR count). The highest BCUT2D eigenvalue weighted by Crippen LogP contribution is 2.19. The van der Waals surface area contributed by atoms with Gasteiger partial charge in [-0.25, -0.2) is 13.4 Å². The summed E-state index contributed by atoms with van der Waals surface area (Å²) in [6.07, 6.45) is 2.59. The number of rotatable bonds is 3. The van der Waals surface area contributed by atoms with Crippen LogP contribution >= 0.6 is 0 Å². The van der Waals surface area contributed by atoms with E-state index in [0.717, 1.165) is 30.3 Å². The molecule has 0 bridgehead atoms. The fraction of sp³-hybridized carbons (Fsp3) is 0.471. The number of sulfone groups is 1. The third kappa shape index (κ3) is 3.48. The standard InChI is InChI=1S/C17H23N3O2S/c1-14-8-9-19(10-11-23(14,21)22)13-17-12-18-15(2)20(17)16-6-4-3-5-7-16/h3-7,12,14H,8-11,13H2,1-2H3/t14-/m0/s1. The first kappa shape index (κ1) is 16.2. The van der Waals surface area contributed by atoms with Gasteiger partial charge in [0, 0.05) is 18.8 Å². The Hall–Kier alpha value is -1.66. The number of para-hydroxylation sites is 1. The molecule has 23 heavy (non-hydrogen) atoms. The molecule has 0 N–H and O–H groups in total. The molecule has 1 aromatic heterocycles. The van der Waals surface area contributed by atoms with Gasteiger partial charge in [0.05, 0.1) is 22.9 Å². The molecule has 5 nitrogen and oxygen atoms in total. The van der Waals surface area contributed by atoms with Crippen LogP contribution in [0.5, 0.6) is 0 Å². The zero-order valence-electron chi connectivity index (χ0n) is 13.6. The van der Waals surface area contributed by atoms with Crippen LogP contribution in [-0.2, 0) is 16.4 Å². The summed E-state index contributed by atoms with van der Waals surface area (Å²) in [5.41, 5.74) is 2.19. The Morgan fingerprint density at radius 3 is 2.70 bits per heavy atom. The number of benzene rings is 1. The van der Waals surface area contributed by atoms with E-state index in [4.69, 9.17) is 0 Å². The van der Waals surface area contributed by atoms with Crippen LogP contribution in [-0.4, -0.2) is 47.0 Å². The van der Waals surface area contributed by atoms with Gasteiger partial charge in [0.25, 0.3) is 0 Å². The average molecular weight is 333 g/mol. The molecule has 1 fully saturated rings. The second-order valence-electron chi connectivity index (χ2n) is 6.21. The fourth-order valence-electron chi connectivity index (χ4n) is 3.03. The molecule has 1 aliphatic rings. The van der Waals surface area contributed by atoms with E-state index in [0.29, 0.717) is 13.0 Å². The van der Waals surface area contributed by atoms with E-state index in [9.17, 15) is 8.42 Å². The molecule has 6 heteroatoms. The van der Waals surface area contributed by atoms with Crippen molar-refractivity contribution in [1.82, 2.24) is 14.5 Å². The molecule has 0 radical (unpaired) electrons. The van der Waals surface area contributed by atoms with Crippen molar-refractivity contribution in [3.8, 4) is 5.69 Å². The molecular formula is C17H23N3O2S. The van der Waals surface area contributed by atoms with Gasteiger partial charge < -0.3 is 0 Å². The summed E-state index contributed by atoms with van der Waals surface area (Å²) in [4.78, 5) is 6.66. The molecule has 0 saturated carbocycles. The van der Waals surface area contributed by atoms with Gasteiger partial charge >= 0.3 is 0 Å². The van der Waals surface area contributed by atoms with Crippen molar-refractivity contribution in [2.24, 2.45) is 0 Å². The molecule has 1 saturated heterocycles. The van der Waals surface area contributed by atoms with E-state index in [1.54, 1.807) is 0 Å². The van der Waals surface area contributed by atoms with E-state index in [2.05, 4.69) is 26.6 Å². The van der Waals surface area contributed by atoms with E-state index >= 15 is 0 Å². The Kier molecular flexibility index (Phi) is 4.55. The highest BCUT2D eigenvalue weighted by atomic mass is 32.2. The third-order valence-corrected chi connectivity index (χ3v) is 6.78. The minimum absolute atomic E-state index is 0.242. The summed E-state index contributed by atoms with van der Waals surface area (Å²) in [7, 11) is -2.94. The maximum absolute atomic E-state index is 12.0. The van der Waals surface area contributed by atoms with Gasteiger partial charge in [-0.3, -0.25) is 9.47 Å². The number of nitrogens with zero attached hydrogens (tertiary/aromatic N) is 3. The molecule has 1 aliphatic heterocycles. The maximum atomic E-state index is 12.0. The lowest BCUT2D eigenvalue weighted by molar-refractivity contribution is 0.278. The molecule has 0 spiro atoms. The first-order valence-electron chi connectivity index (χ1n) is 8.00. The van der Waals surface area contributed by atoms with E-state index in [1.807, 2.05) is 38.2 Å². The van der Waals surface area contributed by atoms with Crippen LogP contribution in [0.1, 0.15) is 24.9 Å². The van der Waals surface area contributed by atoms with E-state index < -0.39 is 9.84 Å². The monoisotopic (exact) mass is 333 g/mol. The van der Waals surface area contributed by atoms with Crippen molar-refractivity contribution in [2.75, 3.05) is 18.8 Å². The van der Waals surface area contributed by atoms with Crippen molar-refractivity contribution in [2.45, 2.75) is 32.1 Å². The van der Waals surface area contributed by atoms with E-state index in [-0.39, 0.29) is 11.0 Å². The Balaban J connectivity index is 1.82. The van der Waals surface area contributed by atoms with Gasteiger partial charge in [-0.15, -0.1) is 0 Å². The second-order valence-corrected chi connectivity index (χ2v) is 8.75. The Labute approximate surface area is 137 Å². The van der Waals surface area contributed by atoms with Crippen molar-refractivity contribution in [1.29, 1.82) is 0 Å². The van der Waals surface area contributed by atoms with E-state index in [1.165, 1.54) is 0 Å². The summed E-state index contributed by atoms with van der Waals surface area (Å²) in [6.45, 7) is 5.92. The van der Waals surface area contributed by atoms with Gasteiger partial charge in [0.15, 0.2) is 9.84 Å². The van der Waals surface area contributed by atoms with Crippen LogP contribution in [0.2, 0.25) is 0 Å². The SMILES string of the molecule is Cc1ncc(CN2CC[C@H](C)S(=O)(=O)CC2)n1-c1ccccc1. The molecule has 2 heterocycles. The Morgan fingerprint density at radius 2 is 1.96 bits per heavy atom. The zero-order valence-corrected chi connectivity index (χ0v) is 14.5. The quantitative estimate of drug-likeness (QED) is 0.864. The number of aromatic nitrogens is 2. The molecule has 1 atom stereocenters. The van der Waals surface area contributed by atoms with Gasteiger partial charge in [0.2, 0.25) is 0 Å². The van der Waals surface area contributed by atoms with Crippen LogP contribution in [0.25, 0.3) is 5.69 Å². The Bertz CT molecular complexity index is 768. The smallest absolute Gasteiger partial charge is 0.154 e. The molecular weight excluding hydrogens is 310 g/mol.